The van der Waals surface area contributed by atoms with Gasteiger partial charge in [0.15, 0.2) is 5.82 Å². The highest BCUT2D eigenvalue weighted by Crippen LogP contribution is 2.09. The van der Waals surface area contributed by atoms with E-state index in [1.807, 2.05) is 0 Å². The highest BCUT2D eigenvalue weighted by atomic mass is 19.1. The van der Waals surface area contributed by atoms with Crippen molar-refractivity contribution in [3.63, 3.8) is 0 Å². The number of amides is 1. The molecule has 0 spiro atoms. The zero-order valence-electron chi connectivity index (χ0n) is 10.9. The van der Waals surface area contributed by atoms with E-state index in [1.54, 1.807) is 25.0 Å². The van der Waals surface area contributed by atoms with Gasteiger partial charge >= 0.3 is 0 Å². The fourth-order valence-corrected chi connectivity index (χ4v) is 1.76. The van der Waals surface area contributed by atoms with E-state index in [0.717, 1.165) is 0 Å². The highest BCUT2D eigenvalue weighted by molar-refractivity contribution is 5.95. The largest absolute Gasteiger partial charge is 0.352 e. The van der Waals surface area contributed by atoms with Gasteiger partial charge in [-0.1, -0.05) is 0 Å². The molecule has 0 saturated carbocycles. The predicted molar refractivity (Wildman–Crippen MR) is 68.2 cm³/mol. The quantitative estimate of drug-likeness (QED) is 0.901. The summed E-state index contributed by atoms with van der Waals surface area (Å²) in [4.78, 5) is 16.0. The Morgan fingerprint density at radius 3 is 2.89 bits per heavy atom. The molecule has 0 saturated heterocycles. The molecule has 1 aromatic carbocycles. The molecule has 0 aliphatic heterocycles. The topological polar surface area (TPSA) is 59.8 Å². The van der Waals surface area contributed by atoms with Crippen LogP contribution in [0.5, 0.6) is 0 Å². The van der Waals surface area contributed by atoms with Gasteiger partial charge in [-0.2, -0.15) is 5.10 Å². The van der Waals surface area contributed by atoms with Crippen molar-refractivity contribution in [2.45, 2.75) is 13.3 Å². The number of nitrogens with zero attached hydrogens (tertiary/aromatic N) is 3. The number of nitrogens with one attached hydrogen (secondary N) is 1. The highest BCUT2D eigenvalue weighted by Gasteiger charge is 2.09. The van der Waals surface area contributed by atoms with Gasteiger partial charge in [-0.15, -0.1) is 0 Å². The first-order valence-corrected chi connectivity index (χ1v) is 5.95. The number of carbonyl (C=O) groups is 1. The maximum atomic E-state index is 12.9. The third-order valence-electron chi connectivity index (χ3n) is 2.71. The Morgan fingerprint density at radius 1 is 1.47 bits per heavy atom. The number of halogens is 1. The van der Waals surface area contributed by atoms with Crippen LogP contribution in [0.25, 0.3) is 0 Å². The molecule has 2 rings (SSSR count). The van der Waals surface area contributed by atoms with Crippen LogP contribution in [0.2, 0.25) is 0 Å². The van der Waals surface area contributed by atoms with Crippen LogP contribution in [0, 0.1) is 12.7 Å². The van der Waals surface area contributed by atoms with Gasteiger partial charge in [0.25, 0.3) is 5.91 Å². The van der Waals surface area contributed by atoms with Crippen molar-refractivity contribution in [1.29, 1.82) is 0 Å². The minimum atomic E-state index is -0.341. The van der Waals surface area contributed by atoms with Crippen LogP contribution in [-0.2, 0) is 13.5 Å². The summed E-state index contributed by atoms with van der Waals surface area (Å²) in [6.07, 6.45) is 2.17. The SMILES string of the molecule is Cc1cc(F)ccc1C(=O)NCCc1ncn(C)n1. The molecule has 6 heteroatoms. The second kappa shape index (κ2) is 5.60. The Kier molecular flexibility index (Phi) is 3.89. The lowest BCUT2D eigenvalue weighted by Crippen LogP contribution is -2.26. The molecule has 1 N–H and O–H groups in total. The molecule has 19 heavy (non-hydrogen) atoms. The number of aryl methyl sites for hydroxylation is 2. The molecule has 0 unspecified atom stereocenters. The summed E-state index contributed by atoms with van der Waals surface area (Å²) in [6, 6.07) is 4.11. The van der Waals surface area contributed by atoms with Crippen LogP contribution < -0.4 is 5.32 Å². The van der Waals surface area contributed by atoms with Gasteiger partial charge in [-0.05, 0) is 30.7 Å². The number of hydrogen-bond acceptors (Lipinski definition) is 3. The van der Waals surface area contributed by atoms with Crippen LogP contribution in [-0.4, -0.2) is 27.2 Å². The molecule has 2 aromatic rings. The van der Waals surface area contributed by atoms with Crippen molar-refractivity contribution in [2.24, 2.45) is 7.05 Å². The van der Waals surface area contributed by atoms with Crippen LogP contribution in [0.4, 0.5) is 4.39 Å². The van der Waals surface area contributed by atoms with E-state index in [2.05, 4.69) is 15.4 Å². The molecular formula is C13H15FN4O. The van der Waals surface area contributed by atoms with Crippen LogP contribution >= 0.6 is 0 Å². The molecule has 0 atom stereocenters. The summed E-state index contributed by atoms with van der Waals surface area (Å²) in [7, 11) is 1.79. The van der Waals surface area contributed by atoms with E-state index >= 15 is 0 Å². The fourth-order valence-electron chi connectivity index (χ4n) is 1.76. The lowest BCUT2D eigenvalue weighted by Gasteiger charge is -2.06. The monoisotopic (exact) mass is 262 g/mol. The van der Waals surface area contributed by atoms with Crippen molar-refractivity contribution in [1.82, 2.24) is 20.1 Å². The van der Waals surface area contributed by atoms with Crippen molar-refractivity contribution in [2.75, 3.05) is 6.54 Å². The first kappa shape index (κ1) is 13.2. The van der Waals surface area contributed by atoms with Crippen molar-refractivity contribution >= 4 is 5.91 Å². The van der Waals surface area contributed by atoms with Gasteiger partial charge in [0, 0.05) is 25.6 Å². The Morgan fingerprint density at radius 2 is 2.26 bits per heavy atom. The van der Waals surface area contributed by atoms with E-state index in [0.29, 0.717) is 29.9 Å². The summed E-state index contributed by atoms with van der Waals surface area (Å²) in [5.41, 5.74) is 1.10. The number of carbonyl (C=O) groups excluding carboxylic acids is 1. The minimum absolute atomic E-state index is 0.214. The van der Waals surface area contributed by atoms with Gasteiger partial charge in [-0.25, -0.2) is 9.37 Å². The first-order chi connectivity index (χ1) is 9.06. The van der Waals surface area contributed by atoms with Crippen LogP contribution in [0.15, 0.2) is 24.5 Å². The lowest BCUT2D eigenvalue weighted by atomic mass is 10.1. The average Bonchev–Trinajstić information content (AvgIpc) is 2.75. The van der Waals surface area contributed by atoms with Gasteiger partial charge in [0.2, 0.25) is 0 Å². The van der Waals surface area contributed by atoms with Crippen molar-refractivity contribution in [3.05, 3.63) is 47.3 Å². The third kappa shape index (κ3) is 3.37. The Labute approximate surface area is 110 Å². The standard InChI is InChI=1S/C13H15FN4O/c1-9-7-10(14)3-4-11(9)13(19)15-6-5-12-16-8-18(2)17-12/h3-4,7-8H,5-6H2,1-2H3,(H,15,19). The Bertz CT molecular complexity index is 594. The number of aromatic nitrogens is 3. The maximum absolute atomic E-state index is 12.9. The molecule has 100 valence electrons. The number of benzene rings is 1. The maximum Gasteiger partial charge on any atom is 0.251 e. The van der Waals surface area contributed by atoms with Crippen molar-refractivity contribution < 1.29 is 9.18 Å². The Balaban J connectivity index is 1.90. The van der Waals surface area contributed by atoms with E-state index in [4.69, 9.17) is 0 Å². The molecule has 1 heterocycles. The van der Waals surface area contributed by atoms with E-state index in [-0.39, 0.29) is 11.7 Å². The predicted octanol–water partition coefficient (Wildman–Crippen LogP) is 1.24. The number of rotatable bonds is 4. The molecule has 0 bridgehead atoms. The normalized spacial score (nSPS) is 10.5. The molecule has 0 radical (unpaired) electrons. The lowest BCUT2D eigenvalue weighted by molar-refractivity contribution is 0.0953. The fraction of sp³-hybridized carbons (Fsp3) is 0.308. The van der Waals surface area contributed by atoms with Gasteiger partial charge in [0.05, 0.1) is 0 Å². The summed E-state index contributed by atoms with van der Waals surface area (Å²) >= 11 is 0. The van der Waals surface area contributed by atoms with E-state index in [9.17, 15) is 9.18 Å². The van der Waals surface area contributed by atoms with Crippen molar-refractivity contribution in [3.8, 4) is 0 Å². The molecule has 0 aliphatic rings. The summed E-state index contributed by atoms with van der Waals surface area (Å²) in [5.74, 6) is 0.124. The zero-order valence-corrected chi connectivity index (χ0v) is 10.9. The minimum Gasteiger partial charge on any atom is -0.352 e. The smallest absolute Gasteiger partial charge is 0.251 e. The second-order valence-corrected chi connectivity index (χ2v) is 4.30. The van der Waals surface area contributed by atoms with Gasteiger partial charge < -0.3 is 5.32 Å². The first-order valence-electron chi connectivity index (χ1n) is 5.95. The molecule has 0 aliphatic carbocycles. The molecule has 0 fully saturated rings. The van der Waals surface area contributed by atoms with E-state index < -0.39 is 0 Å². The van der Waals surface area contributed by atoms with Gasteiger partial charge in [-0.3, -0.25) is 9.48 Å². The average molecular weight is 262 g/mol. The number of hydrogen-bond donors (Lipinski definition) is 1. The summed E-state index contributed by atoms with van der Waals surface area (Å²) in [5, 5.41) is 6.88. The summed E-state index contributed by atoms with van der Waals surface area (Å²) in [6.45, 7) is 2.15. The zero-order chi connectivity index (χ0) is 13.8. The van der Waals surface area contributed by atoms with Crippen LogP contribution in [0.1, 0.15) is 21.7 Å². The second-order valence-electron chi connectivity index (χ2n) is 4.30. The molecule has 1 amide bonds. The van der Waals surface area contributed by atoms with Gasteiger partial charge in [0.1, 0.15) is 12.1 Å². The molecule has 1 aromatic heterocycles. The van der Waals surface area contributed by atoms with Crippen LogP contribution in [0.3, 0.4) is 0 Å². The molecule has 5 nitrogen and oxygen atoms in total. The third-order valence-corrected chi connectivity index (χ3v) is 2.71. The van der Waals surface area contributed by atoms with E-state index in [1.165, 1.54) is 18.2 Å². The Hall–Kier alpha value is -2.24. The summed E-state index contributed by atoms with van der Waals surface area (Å²) < 4.78 is 14.5. The molecular weight excluding hydrogens is 247 g/mol.